The van der Waals surface area contributed by atoms with Crippen molar-refractivity contribution < 1.29 is 0 Å². The fourth-order valence-corrected chi connectivity index (χ4v) is 4.12. The van der Waals surface area contributed by atoms with Crippen molar-refractivity contribution in [2.45, 2.75) is 45.6 Å². The standard InChI is InChI=1S/C19H24N8/c1-12-13(2)22-19-20-11-21-27(19)18(12)25(3)15-9-26(10-15)17-8-14-6-4-5-7-16(14)23-24-17/h8,11,15H,4-7,9-10H2,1-3H3. The maximum absolute atomic E-state index is 4.52. The van der Waals surface area contributed by atoms with Crippen molar-refractivity contribution in [3.63, 3.8) is 0 Å². The normalized spacial score (nSPS) is 17.1. The molecule has 0 N–H and O–H groups in total. The molecule has 0 amide bonds. The molecule has 5 rings (SSSR count). The van der Waals surface area contributed by atoms with Crippen molar-refractivity contribution in [3.05, 3.63) is 34.9 Å². The highest BCUT2D eigenvalue weighted by Gasteiger charge is 2.33. The van der Waals surface area contributed by atoms with Crippen LogP contribution in [0.25, 0.3) is 5.78 Å². The molecule has 1 fully saturated rings. The van der Waals surface area contributed by atoms with Crippen LogP contribution in [0.4, 0.5) is 11.6 Å². The third-order valence-corrected chi connectivity index (χ3v) is 6.00. The molecule has 140 valence electrons. The molecule has 3 aromatic heterocycles. The van der Waals surface area contributed by atoms with E-state index < -0.39 is 0 Å². The van der Waals surface area contributed by atoms with Crippen molar-refractivity contribution in [1.29, 1.82) is 0 Å². The largest absolute Gasteiger partial charge is 0.353 e. The summed E-state index contributed by atoms with van der Waals surface area (Å²) in [7, 11) is 2.13. The molecule has 27 heavy (non-hydrogen) atoms. The first-order valence-electron chi connectivity index (χ1n) is 9.62. The first kappa shape index (κ1) is 16.4. The number of fused-ring (bicyclic) bond motifs is 2. The van der Waals surface area contributed by atoms with Gasteiger partial charge in [-0.2, -0.15) is 19.7 Å². The highest BCUT2D eigenvalue weighted by Crippen LogP contribution is 2.29. The first-order valence-corrected chi connectivity index (χ1v) is 9.62. The summed E-state index contributed by atoms with van der Waals surface area (Å²) >= 11 is 0. The maximum Gasteiger partial charge on any atom is 0.254 e. The number of rotatable bonds is 3. The van der Waals surface area contributed by atoms with Crippen molar-refractivity contribution in [2.24, 2.45) is 0 Å². The molecule has 1 aliphatic carbocycles. The Morgan fingerprint density at radius 1 is 1.11 bits per heavy atom. The Bertz CT molecular complexity index is 1000. The van der Waals surface area contributed by atoms with E-state index in [1.54, 1.807) is 6.33 Å². The van der Waals surface area contributed by atoms with Gasteiger partial charge in [0.15, 0.2) is 5.82 Å². The minimum Gasteiger partial charge on any atom is -0.353 e. The zero-order valence-corrected chi connectivity index (χ0v) is 16.1. The van der Waals surface area contributed by atoms with Crippen LogP contribution < -0.4 is 9.80 Å². The highest BCUT2D eigenvalue weighted by atomic mass is 15.4. The van der Waals surface area contributed by atoms with Gasteiger partial charge in [0, 0.05) is 31.4 Å². The number of anilines is 2. The topological polar surface area (TPSA) is 75.3 Å². The Morgan fingerprint density at radius 3 is 2.78 bits per heavy atom. The molecule has 0 unspecified atom stereocenters. The molecular formula is C19H24N8. The minimum atomic E-state index is 0.399. The van der Waals surface area contributed by atoms with Crippen LogP contribution >= 0.6 is 0 Å². The molecule has 1 saturated heterocycles. The lowest BCUT2D eigenvalue weighted by Crippen LogP contribution is -2.59. The van der Waals surface area contributed by atoms with Crippen LogP contribution in [0, 0.1) is 13.8 Å². The predicted molar refractivity (Wildman–Crippen MR) is 103 cm³/mol. The summed E-state index contributed by atoms with van der Waals surface area (Å²) in [5, 5.41) is 13.3. The number of aromatic nitrogens is 6. The molecule has 8 heteroatoms. The van der Waals surface area contributed by atoms with Crippen LogP contribution in [-0.4, -0.2) is 56.0 Å². The van der Waals surface area contributed by atoms with Gasteiger partial charge in [-0.1, -0.05) is 0 Å². The van der Waals surface area contributed by atoms with Crippen LogP contribution in [0.15, 0.2) is 12.4 Å². The molecule has 0 spiro atoms. The van der Waals surface area contributed by atoms with E-state index in [-0.39, 0.29) is 0 Å². The summed E-state index contributed by atoms with van der Waals surface area (Å²) < 4.78 is 1.84. The van der Waals surface area contributed by atoms with Crippen molar-refractivity contribution in [2.75, 3.05) is 29.9 Å². The minimum absolute atomic E-state index is 0.399. The molecule has 0 bridgehead atoms. The van der Waals surface area contributed by atoms with Crippen LogP contribution in [0.2, 0.25) is 0 Å². The molecule has 1 aliphatic heterocycles. The molecule has 0 aromatic carbocycles. The SMILES string of the molecule is Cc1nc2ncnn2c(N(C)C2CN(c3cc4c(nn3)CCCC4)C2)c1C. The van der Waals surface area contributed by atoms with Crippen LogP contribution in [0.3, 0.4) is 0 Å². The van der Waals surface area contributed by atoms with Crippen LogP contribution in [0.5, 0.6) is 0 Å². The lowest BCUT2D eigenvalue weighted by atomic mass is 9.96. The van der Waals surface area contributed by atoms with Gasteiger partial charge < -0.3 is 9.80 Å². The van der Waals surface area contributed by atoms with Crippen LogP contribution in [0.1, 0.15) is 35.4 Å². The van der Waals surface area contributed by atoms with E-state index in [2.05, 4.69) is 55.1 Å². The number of hydrogen-bond acceptors (Lipinski definition) is 7. The molecule has 0 saturated carbocycles. The second-order valence-electron chi connectivity index (χ2n) is 7.67. The monoisotopic (exact) mass is 364 g/mol. The van der Waals surface area contributed by atoms with Gasteiger partial charge in [0.1, 0.15) is 12.1 Å². The van der Waals surface area contributed by atoms with E-state index in [4.69, 9.17) is 0 Å². The van der Waals surface area contributed by atoms with Gasteiger partial charge in [-0.05, 0) is 51.2 Å². The summed E-state index contributed by atoms with van der Waals surface area (Å²) in [5.41, 5.74) is 4.71. The summed E-state index contributed by atoms with van der Waals surface area (Å²) in [6.07, 6.45) is 6.27. The second-order valence-corrected chi connectivity index (χ2v) is 7.67. The quantitative estimate of drug-likeness (QED) is 0.701. The van der Waals surface area contributed by atoms with E-state index in [0.717, 1.165) is 48.8 Å². The molecule has 2 aliphatic rings. The third kappa shape index (κ3) is 2.62. The van der Waals surface area contributed by atoms with Gasteiger partial charge in [-0.3, -0.25) is 0 Å². The zero-order valence-electron chi connectivity index (χ0n) is 16.1. The van der Waals surface area contributed by atoms with E-state index in [0.29, 0.717) is 11.8 Å². The van der Waals surface area contributed by atoms with Gasteiger partial charge in [0.2, 0.25) is 0 Å². The molecule has 8 nitrogen and oxygen atoms in total. The maximum atomic E-state index is 4.52. The molecular weight excluding hydrogens is 340 g/mol. The Morgan fingerprint density at radius 2 is 1.93 bits per heavy atom. The fraction of sp³-hybridized carbons (Fsp3) is 0.526. The molecule has 0 atom stereocenters. The van der Waals surface area contributed by atoms with Crippen molar-refractivity contribution in [3.8, 4) is 0 Å². The van der Waals surface area contributed by atoms with Gasteiger partial charge in [-0.25, -0.2) is 4.98 Å². The number of nitrogens with zero attached hydrogens (tertiary/aromatic N) is 8. The van der Waals surface area contributed by atoms with E-state index in [1.165, 1.54) is 24.1 Å². The number of aryl methyl sites for hydroxylation is 3. The Balaban J connectivity index is 1.37. The first-order chi connectivity index (χ1) is 13.1. The Hall–Kier alpha value is -2.77. The van der Waals surface area contributed by atoms with Crippen molar-refractivity contribution >= 4 is 17.4 Å². The average molecular weight is 364 g/mol. The predicted octanol–water partition coefficient (Wildman–Crippen LogP) is 1.73. The third-order valence-electron chi connectivity index (χ3n) is 6.00. The van der Waals surface area contributed by atoms with Gasteiger partial charge in [0.25, 0.3) is 5.78 Å². The fourth-order valence-electron chi connectivity index (χ4n) is 4.12. The molecule has 0 radical (unpaired) electrons. The van der Waals surface area contributed by atoms with E-state index >= 15 is 0 Å². The number of hydrogen-bond donors (Lipinski definition) is 0. The lowest BCUT2D eigenvalue weighted by molar-refractivity contribution is 0.483. The average Bonchev–Trinajstić information content (AvgIpc) is 3.08. The second kappa shape index (κ2) is 6.14. The molecule has 3 aromatic rings. The van der Waals surface area contributed by atoms with Crippen LogP contribution in [-0.2, 0) is 12.8 Å². The zero-order chi connectivity index (χ0) is 18.5. The summed E-state index contributed by atoms with van der Waals surface area (Å²) in [6, 6.07) is 2.64. The summed E-state index contributed by atoms with van der Waals surface area (Å²) in [5.74, 6) is 2.72. The summed E-state index contributed by atoms with van der Waals surface area (Å²) in [6.45, 7) is 5.99. The smallest absolute Gasteiger partial charge is 0.254 e. The Labute approximate surface area is 158 Å². The van der Waals surface area contributed by atoms with E-state index in [1.807, 2.05) is 11.4 Å². The van der Waals surface area contributed by atoms with Crippen molar-refractivity contribution in [1.82, 2.24) is 29.8 Å². The lowest BCUT2D eigenvalue weighted by Gasteiger charge is -2.45. The van der Waals surface area contributed by atoms with Gasteiger partial charge in [-0.15, -0.1) is 5.10 Å². The Kier molecular flexibility index (Phi) is 3.73. The van der Waals surface area contributed by atoms with E-state index in [9.17, 15) is 0 Å². The van der Waals surface area contributed by atoms with Gasteiger partial charge in [0.05, 0.1) is 11.7 Å². The number of likely N-dealkylation sites (N-methyl/N-ethyl adjacent to an activating group) is 1. The molecule has 4 heterocycles. The van der Waals surface area contributed by atoms with Gasteiger partial charge >= 0.3 is 0 Å². The highest BCUT2D eigenvalue weighted by molar-refractivity contribution is 5.56. The summed E-state index contributed by atoms with van der Waals surface area (Å²) in [4.78, 5) is 13.4.